The molecule has 3 N–H and O–H groups in total. The lowest BCUT2D eigenvalue weighted by Crippen LogP contribution is -2.41. The zero-order valence-electron chi connectivity index (χ0n) is 10.6. The molecule has 0 saturated heterocycles. The number of carboxylic acids is 1. The second-order valence-electron chi connectivity index (χ2n) is 4.12. The minimum atomic E-state index is -0.986. The Morgan fingerprint density at radius 1 is 1.42 bits per heavy atom. The Kier molecular flexibility index (Phi) is 5.95. The molecule has 1 aromatic rings. The molecule has 0 heterocycles. The van der Waals surface area contributed by atoms with Crippen LogP contribution in [-0.2, 0) is 9.59 Å². The standard InChI is InChI=1S/C13H17FN2O3/c1-2-4-11(13(18)19)15-8-12(17)16-10-6-3-5-9(14)7-10/h3,5-7,11,15H,2,4,8H2,1H3,(H,16,17)(H,18,19). The summed E-state index contributed by atoms with van der Waals surface area (Å²) in [5, 5.41) is 14.0. The summed E-state index contributed by atoms with van der Waals surface area (Å²) in [5.41, 5.74) is 0.342. The van der Waals surface area contributed by atoms with Crippen molar-refractivity contribution in [3.63, 3.8) is 0 Å². The van der Waals surface area contributed by atoms with E-state index in [9.17, 15) is 14.0 Å². The quantitative estimate of drug-likeness (QED) is 0.702. The maximum Gasteiger partial charge on any atom is 0.320 e. The van der Waals surface area contributed by atoms with Crippen LogP contribution in [0.1, 0.15) is 19.8 Å². The highest BCUT2D eigenvalue weighted by Crippen LogP contribution is 2.08. The van der Waals surface area contributed by atoms with Crippen molar-refractivity contribution in [2.24, 2.45) is 0 Å². The van der Waals surface area contributed by atoms with Gasteiger partial charge in [0.2, 0.25) is 5.91 Å². The van der Waals surface area contributed by atoms with Gasteiger partial charge < -0.3 is 10.4 Å². The number of nitrogens with one attached hydrogen (secondary N) is 2. The Hall–Kier alpha value is -1.95. The summed E-state index contributed by atoms with van der Waals surface area (Å²) in [6, 6.07) is 4.76. The molecule has 1 aromatic carbocycles. The second-order valence-corrected chi connectivity index (χ2v) is 4.12. The van der Waals surface area contributed by atoms with Gasteiger partial charge in [-0.15, -0.1) is 0 Å². The number of carbonyl (C=O) groups is 2. The van der Waals surface area contributed by atoms with E-state index < -0.39 is 23.7 Å². The molecule has 1 unspecified atom stereocenters. The molecule has 1 rings (SSSR count). The van der Waals surface area contributed by atoms with Crippen molar-refractivity contribution in [2.75, 3.05) is 11.9 Å². The van der Waals surface area contributed by atoms with Crippen LogP contribution in [0.25, 0.3) is 0 Å². The Morgan fingerprint density at radius 2 is 2.16 bits per heavy atom. The summed E-state index contributed by atoms with van der Waals surface area (Å²) in [5.74, 6) is -1.84. The number of carboxylic acid groups (broad SMARTS) is 1. The van der Waals surface area contributed by atoms with Crippen LogP contribution in [0, 0.1) is 5.82 Å². The van der Waals surface area contributed by atoms with Gasteiger partial charge in [-0.25, -0.2) is 4.39 Å². The van der Waals surface area contributed by atoms with Gasteiger partial charge in [-0.1, -0.05) is 19.4 Å². The van der Waals surface area contributed by atoms with Crippen molar-refractivity contribution in [3.05, 3.63) is 30.1 Å². The van der Waals surface area contributed by atoms with Crippen molar-refractivity contribution in [2.45, 2.75) is 25.8 Å². The maximum atomic E-state index is 12.9. The van der Waals surface area contributed by atoms with E-state index in [1.165, 1.54) is 18.2 Å². The number of anilines is 1. The van der Waals surface area contributed by atoms with E-state index in [4.69, 9.17) is 5.11 Å². The molecule has 1 atom stereocenters. The predicted molar refractivity (Wildman–Crippen MR) is 69.4 cm³/mol. The number of hydrogen-bond acceptors (Lipinski definition) is 3. The predicted octanol–water partition coefficient (Wildman–Crippen LogP) is 1.61. The van der Waals surface area contributed by atoms with Gasteiger partial charge in [-0.3, -0.25) is 14.9 Å². The van der Waals surface area contributed by atoms with E-state index in [2.05, 4.69) is 10.6 Å². The van der Waals surface area contributed by atoms with Crippen molar-refractivity contribution >= 4 is 17.6 Å². The summed E-state index contributed by atoms with van der Waals surface area (Å²) in [6.45, 7) is 1.73. The van der Waals surface area contributed by atoms with Gasteiger partial charge in [0.25, 0.3) is 0 Å². The second kappa shape index (κ2) is 7.48. The Balaban J connectivity index is 2.45. The van der Waals surface area contributed by atoms with Gasteiger partial charge in [0.05, 0.1) is 6.54 Å². The normalized spacial score (nSPS) is 11.9. The number of halogens is 1. The molecule has 0 aliphatic rings. The first-order valence-electron chi connectivity index (χ1n) is 6.04. The lowest BCUT2D eigenvalue weighted by molar-refractivity contribution is -0.139. The minimum Gasteiger partial charge on any atom is -0.480 e. The van der Waals surface area contributed by atoms with Crippen LogP contribution < -0.4 is 10.6 Å². The SMILES string of the molecule is CCCC(NCC(=O)Nc1cccc(F)c1)C(=O)O. The molecular formula is C13H17FN2O3. The third kappa shape index (κ3) is 5.48. The monoisotopic (exact) mass is 268 g/mol. The topological polar surface area (TPSA) is 78.4 Å². The Bertz CT molecular complexity index is 451. The number of amides is 1. The molecule has 0 aliphatic heterocycles. The van der Waals surface area contributed by atoms with Crippen LogP contribution in [0.2, 0.25) is 0 Å². The highest BCUT2D eigenvalue weighted by atomic mass is 19.1. The molecule has 0 spiro atoms. The van der Waals surface area contributed by atoms with Gasteiger partial charge >= 0.3 is 5.97 Å². The first-order chi connectivity index (χ1) is 9.02. The van der Waals surface area contributed by atoms with Gasteiger partial charge in [-0.2, -0.15) is 0 Å². The average molecular weight is 268 g/mol. The number of aliphatic carboxylic acids is 1. The molecule has 104 valence electrons. The van der Waals surface area contributed by atoms with E-state index in [-0.39, 0.29) is 6.54 Å². The van der Waals surface area contributed by atoms with Gasteiger partial charge in [0, 0.05) is 5.69 Å². The number of benzene rings is 1. The van der Waals surface area contributed by atoms with Gasteiger partial charge in [0.15, 0.2) is 0 Å². The van der Waals surface area contributed by atoms with Crippen molar-refractivity contribution in [3.8, 4) is 0 Å². The van der Waals surface area contributed by atoms with Crippen LogP contribution in [-0.4, -0.2) is 29.6 Å². The van der Waals surface area contributed by atoms with Gasteiger partial charge in [-0.05, 0) is 24.6 Å². The van der Waals surface area contributed by atoms with E-state index >= 15 is 0 Å². The van der Waals surface area contributed by atoms with E-state index in [1.807, 2.05) is 6.92 Å². The van der Waals surface area contributed by atoms with Gasteiger partial charge in [0.1, 0.15) is 11.9 Å². The molecule has 0 bridgehead atoms. The van der Waals surface area contributed by atoms with Crippen molar-refractivity contribution in [1.29, 1.82) is 0 Å². The van der Waals surface area contributed by atoms with Crippen molar-refractivity contribution in [1.82, 2.24) is 5.32 Å². The average Bonchev–Trinajstić information content (AvgIpc) is 2.34. The first-order valence-corrected chi connectivity index (χ1v) is 6.04. The fraction of sp³-hybridized carbons (Fsp3) is 0.385. The molecule has 0 aliphatic carbocycles. The maximum absolute atomic E-state index is 12.9. The molecule has 0 radical (unpaired) electrons. The number of carbonyl (C=O) groups excluding carboxylic acids is 1. The lowest BCUT2D eigenvalue weighted by atomic mass is 10.2. The zero-order chi connectivity index (χ0) is 14.3. The fourth-order valence-corrected chi connectivity index (χ4v) is 1.59. The number of hydrogen-bond donors (Lipinski definition) is 3. The summed E-state index contributed by atoms with van der Waals surface area (Å²) in [6.07, 6.45) is 1.15. The molecular weight excluding hydrogens is 251 g/mol. The molecule has 5 nitrogen and oxygen atoms in total. The van der Waals surface area contributed by atoms with Crippen LogP contribution in [0.4, 0.5) is 10.1 Å². The Morgan fingerprint density at radius 3 is 2.74 bits per heavy atom. The summed E-state index contributed by atoms with van der Waals surface area (Å²) in [7, 11) is 0. The molecule has 19 heavy (non-hydrogen) atoms. The summed E-state index contributed by atoms with van der Waals surface area (Å²) >= 11 is 0. The third-order valence-electron chi connectivity index (χ3n) is 2.49. The third-order valence-corrected chi connectivity index (χ3v) is 2.49. The largest absolute Gasteiger partial charge is 0.480 e. The number of rotatable bonds is 7. The molecule has 1 amide bonds. The smallest absolute Gasteiger partial charge is 0.320 e. The van der Waals surface area contributed by atoms with E-state index in [0.29, 0.717) is 18.5 Å². The van der Waals surface area contributed by atoms with E-state index in [0.717, 1.165) is 0 Å². The fourth-order valence-electron chi connectivity index (χ4n) is 1.59. The van der Waals surface area contributed by atoms with Crippen LogP contribution >= 0.6 is 0 Å². The summed E-state index contributed by atoms with van der Waals surface area (Å²) in [4.78, 5) is 22.4. The highest BCUT2D eigenvalue weighted by molar-refractivity contribution is 5.92. The Labute approximate surface area is 110 Å². The molecule has 0 aromatic heterocycles. The van der Waals surface area contributed by atoms with Crippen LogP contribution in [0.15, 0.2) is 24.3 Å². The molecule has 0 fully saturated rings. The molecule has 6 heteroatoms. The highest BCUT2D eigenvalue weighted by Gasteiger charge is 2.16. The zero-order valence-corrected chi connectivity index (χ0v) is 10.6. The molecule has 0 saturated carbocycles. The first kappa shape index (κ1) is 15.1. The van der Waals surface area contributed by atoms with Crippen molar-refractivity contribution < 1.29 is 19.1 Å². The minimum absolute atomic E-state index is 0.131. The van der Waals surface area contributed by atoms with E-state index in [1.54, 1.807) is 6.07 Å². The van der Waals surface area contributed by atoms with Crippen LogP contribution in [0.3, 0.4) is 0 Å². The van der Waals surface area contributed by atoms with Crippen LogP contribution in [0.5, 0.6) is 0 Å². The lowest BCUT2D eigenvalue weighted by Gasteiger charge is -2.13. The summed E-state index contributed by atoms with van der Waals surface area (Å²) < 4.78 is 12.9.